The molecule has 0 aliphatic rings. The van der Waals surface area contributed by atoms with Gasteiger partial charge in [-0.25, -0.2) is 15.0 Å². The van der Waals surface area contributed by atoms with Crippen molar-refractivity contribution in [2.45, 2.75) is 0 Å². The molecule has 0 atom stereocenters. The van der Waals surface area contributed by atoms with Crippen LogP contribution in [0.4, 0.5) is 0 Å². The van der Waals surface area contributed by atoms with E-state index < -0.39 is 0 Å². The molecular weight excluding hydrogens is 733 g/mol. The topological polar surface area (TPSA) is 43.6 Å². The van der Waals surface area contributed by atoms with Gasteiger partial charge >= 0.3 is 0 Å². The largest absolute Gasteiger partial charge is 0.309 e. The number of para-hydroxylation sites is 2. The summed E-state index contributed by atoms with van der Waals surface area (Å²) in [5, 5.41) is 5.36. The van der Waals surface area contributed by atoms with Crippen LogP contribution in [0.15, 0.2) is 182 Å². The van der Waals surface area contributed by atoms with E-state index in [1.807, 2.05) is 66.7 Å². The highest BCUT2D eigenvalue weighted by molar-refractivity contribution is 7.26. The molecule has 8 aromatic carbocycles. The van der Waals surface area contributed by atoms with Gasteiger partial charge in [0, 0.05) is 78.9 Å². The molecule has 0 fully saturated rings. The Morgan fingerprint density at radius 1 is 0.404 bits per heavy atom. The van der Waals surface area contributed by atoms with E-state index in [1.165, 1.54) is 38.3 Å². The summed E-state index contributed by atoms with van der Waals surface area (Å²) in [6.07, 6.45) is 0. The molecule has 4 heterocycles. The molecule has 0 aliphatic carbocycles. The number of fused-ring (bicyclic) bond motifs is 9. The Bertz CT molecular complexity index is 3780. The van der Waals surface area contributed by atoms with Crippen LogP contribution in [0.5, 0.6) is 0 Å². The average Bonchev–Trinajstić information content (AvgIpc) is 3.99. The summed E-state index contributed by atoms with van der Waals surface area (Å²) in [6.45, 7) is 0. The van der Waals surface area contributed by atoms with Crippen molar-refractivity contribution < 1.29 is 6.85 Å². The fraction of sp³-hybridized carbons (Fsp3) is 0. The Balaban J connectivity index is 1.16. The van der Waals surface area contributed by atoms with E-state index in [2.05, 4.69) is 77.4 Å². The summed E-state index contributed by atoms with van der Waals surface area (Å²) in [6, 6.07) is 50.5. The lowest BCUT2D eigenvalue weighted by atomic mass is 9.98. The zero-order valence-corrected chi connectivity index (χ0v) is 31.7. The van der Waals surface area contributed by atoms with Gasteiger partial charge in [0.05, 0.1) is 23.6 Å². The van der Waals surface area contributed by atoms with Crippen LogP contribution in [0.2, 0.25) is 0 Å². The monoisotopic (exact) mass is 767 g/mol. The molecule has 0 unspecified atom stereocenters. The van der Waals surface area contributed by atoms with Gasteiger partial charge in [0.1, 0.15) is 0 Å². The van der Waals surface area contributed by atoms with Gasteiger partial charge in [0.25, 0.3) is 0 Å². The van der Waals surface area contributed by atoms with E-state index >= 15 is 0 Å². The van der Waals surface area contributed by atoms with E-state index in [1.54, 1.807) is 11.3 Å². The van der Waals surface area contributed by atoms with E-state index in [9.17, 15) is 1.37 Å². The third kappa shape index (κ3) is 5.15. The standard InChI is InChI=1S/C51H30N4S2/c1-2-13-31(14-3-1)49-52-50(54-51(53-49)33-26-28-47-41(30-33)37-18-7-10-23-45(37)56-47)32-25-27-44(55-42-21-8-4-15-34(42)35-16-5-9-22-43(35)55)40(29-32)39-20-12-19-38-36-17-6-11-24-46(36)57-48(38)39/h1-30H/i6D,17D,19D,20D,24D. The summed E-state index contributed by atoms with van der Waals surface area (Å²) in [5.74, 6) is 1.51. The van der Waals surface area contributed by atoms with Gasteiger partial charge in [-0.05, 0) is 60.6 Å². The number of hydrogen-bond donors (Lipinski definition) is 0. The van der Waals surface area contributed by atoms with Crippen LogP contribution in [-0.2, 0) is 0 Å². The lowest BCUT2D eigenvalue weighted by Gasteiger charge is -2.17. The first kappa shape index (κ1) is 27.6. The fourth-order valence-corrected chi connectivity index (χ4v) is 10.3. The summed E-state index contributed by atoms with van der Waals surface area (Å²) < 4.78 is 50.7. The zero-order chi connectivity index (χ0) is 41.8. The quantitative estimate of drug-likeness (QED) is 0.175. The molecule has 4 nitrogen and oxygen atoms in total. The van der Waals surface area contributed by atoms with Crippen LogP contribution < -0.4 is 0 Å². The molecular formula is C51H30N4S2. The molecule has 57 heavy (non-hydrogen) atoms. The molecule has 12 aromatic rings. The van der Waals surface area contributed by atoms with Gasteiger partial charge in [-0.3, -0.25) is 0 Å². The minimum atomic E-state index is -0.0720. The molecule has 4 aromatic heterocycles. The first-order chi connectivity index (χ1) is 30.3. The van der Waals surface area contributed by atoms with Gasteiger partial charge < -0.3 is 4.57 Å². The highest BCUT2D eigenvalue weighted by atomic mass is 32.1. The maximum atomic E-state index is 9.59. The number of thiophene rings is 2. The smallest absolute Gasteiger partial charge is 0.164 e. The number of rotatable bonds is 5. The van der Waals surface area contributed by atoms with E-state index in [-0.39, 0.29) is 30.2 Å². The van der Waals surface area contributed by atoms with Crippen LogP contribution in [-0.4, -0.2) is 19.5 Å². The van der Waals surface area contributed by atoms with Gasteiger partial charge in [0.15, 0.2) is 17.5 Å². The summed E-state index contributed by atoms with van der Waals surface area (Å²) in [7, 11) is 0. The Morgan fingerprint density at radius 2 is 1.05 bits per heavy atom. The van der Waals surface area contributed by atoms with Gasteiger partial charge in [0.2, 0.25) is 0 Å². The first-order valence-corrected chi connectivity index (χ1v) is 20.2. The lowest BCUT2D eigenvalue weighted by molar-refractivity contribution is 1.07. The molecule has 12 rings (SSSR count). The number of nitrogens with zero attached hydrogens (tertiary/aromatic N) is 4. The number of aromatic nitrogens is 4. The summed E-state index contributed by atoms with van der Waals surface area (Å²) in [4.78, 5) is 15.4. The fourth-order valence-electron chi connectivity index (χ4n) is 8.09. The summed E-state index contributed by atoms with van der Waals surface area (Å²) >= 11 is 3.06. The first-order valence-electron chi connectivity index (χ1n) is 21.1. The second kappa shape index (κ2) is 12.8. The van der Waals surface area contributed by atoms with E-state index in [0.717, 1.165) is 44.0 Å². The molecule has 0 radical (unpaired) electrons. The molecule has 0 saturated carbocycles. The van der Waals surface area contributed by atoms with Crippen molar-refractivity contribution >= 4 is 84.8 Å². The van der Waals surface area contributed by atoms with Gasteiger partial charge in [-0.15, -0.1) is 22.7 Å². The van der Waals surface area contributed by atoms with Crippen molar-refractivity contribution in [2.75, 3.05) is 0 Å². The van der Waals surface area contributed by atoms with E-state index in [4.69, 9.17) is 20.4 Å². The molecule has 0 bridgehead atoms. The number of hydrogen-bond acceptors (Lipinski definition) is 5. The van der Waals surface area contributed by atoms with Gasteiger partial charge in [-0.1, -0.05) is 121 Å². The van der Waals surface area contributed by atoms with Crippen molar-refractivity contribution in [1.29, 1.82) is 0 Å². The Kier molecular flexibility index (Phi) is 6.18. The Labute approximate surface area is 342 Å². The van der Waals surface area contributed by atoms with Crippen LogP contribution >= 0.6 is 22.7 Å². The van der Waals surface area contributed by atoms with Crippen LogP contribution in [0.25, 0.3) is 113 Å². The normalized spacial score (nSPS) is 13.1. The Morgan fingerprint density at radius 3 is 1.84 bits per heavy atom. The predicted octanol–water partition coefficient (Wildman–Crippen LogP) is 14.4. The number of benzene rings is 8. The molecule has 0 spiro atoms. The molecule has 0 aliphatic heterocycles. The van der Waals surface area contributed by atoms with Crippen molar-refractivity contribution in [1.82, 2.24) is 19.5 Å². The third-order valence-electron chi connectivity index (χ3n) is 10.7. The van der Waals surface area contributed by atoms with Crippen molar-refractivity contribution in [3.63, 3.8) is 0 Å². The third-order valence-corrected chi connectivity index (χ3v) is 13.0. The zero-order valence-electron chi connectivity index (χ0n) is 35.0. The molecule has 6 heteroatoms. The molecule has 0 N–H and O–H groups in total. The maximum Gasteiger partial charge on any atom is 0.164 e. The minimum Gasteiger partial charge on any atom is -0.309 e. The van der Waals surface area contributed by atoms with Crippen molar-refractivity contribution in [2.24, 2.45) is 0 Å². The van der Waals surface area contributed by atoms with E-state index in [0.29, 0.717) is 54.3 Å². The lowest BCUT2D eigenvalue weighted by Crippen LogP contribution is -2.02. The molecule has 266 valence electrons. The van der Waals surface area contributed by atoms with Crippen molar-refractivity contribution in [3.05, 3.63) is 182 Å². The van der Waals surface area contributed by atoms with Crippen LogP contribution in [0.3, 0.4) is 0 Å². The predicted molar refractivity (Wildman–Crippen MR) is 242 cm³/mol. The van der Waals surface area contributed by atoms with Crippen LogP contribution in [0.1, 0.15) is 6.85 Å². The van der Waals surface area contributed by atoms with Gasteiger partial charge in [-0.2, -0.15) is 0 Å². The SMILES string of the molecule is [2H]c1cc([2H])c2c(sc3c([2H])cc([2H])c([2H])c32)c1-c1cc(-c2nc(-c3ccccc3)nc(-c3ccc4sc5ccccc5c4c3)n2)ccc1-n1c2ccccc2c2ccccc21. The second-order valence-corrected chi connectivity index (χ2v) is 16.1. The second-order valence-electron chi connectivity index (χ2n) is 14.0. The maximum absolute atomic E-state index is 9.59. The molecule has 0 amide bonds. The summed E-state index contributed by atoms with van der Waals surface area (Å²) in [5.41, 5.74) is 6.46. The highest BCUT2D eigenvalue weighted by Gasteiger charge is 2.21. The average molecular weight is 768 g/mol. The molecule has 0 saturated heterocycles. The van der Waals surface area contributed by atoms with Crippen molar-refractivity contribution in [3.8, 4) is 51.0 Å². The highest BCUT2D eigenvalue weighted by Crippen LogP contribution is 2.44. The Hall–Kier alpha value is -6.99. The van der Waals surface area contributed by atoms with Crippen LogP contribution in [0, 0.1) is 0 Å². The minimum absolute atomic E-state index is 0.0319.